The summed E-state index contributed by atoms with van der Waals surface area (Å²) < 4.78 is 22.6. The summed E-state index contributed by atoms with van der Waals surface area (Å²) in [6, 6.07) is 4.80. The van der Waals surface area contributed by atoms with E-state index >= 15 is 0 Å². The number of rotatable bonds is 4. The van der Waals surface area contributed by atoms with Gasteiger partial charge in [-0.2, -0.15) is 0 Å². The largest absolute Gasteiger partial charge is 0.396 e. The standard InChI is InChI=1S/C11H17N3O2S/c1-11(5-6-11)7-14-8-3-2-4-9(10(8)12)17(13,15)16/h2-4,14H,5-7,12H2,1H3,(H2,13,15,16). The zero-order chi connectivity index (χ0) is 12.7. The summed E-state index contributed by atoms with van der Waals surface area (Å²) in [4.78, 5) is -0.0246. The first-order valence-electron chi connectivity index (χ1n) is 5.47. The molecule has 5 nitrogen and oxygen atoms in total. The molecule has 1 aromatic rings. The lowest BCUT2D eigenvalue weighted by atomic mass is 10.1. The van der Waals surface area contributed by atoms with E-state index in [0.29, 0.717) is 11.1 Å². The second-order valence-corrected chi connectivity index (χ2v) is 6.46. The number of hydrogen-bond donors (Lipinski definition) is 3. The van der Waals surface area contributed by atoms with Crippen molar-refractivity contribution in [2.75, 3.05) is 17.6 Å². The number of primary sulfonamides is 1. The Balaban J connectivity index is 2.23. The molecule has 0 atom stereocenters. The Hall–Kier alpha value is -1.27. The second kappa shape index (κ2) is 3.89. The Morgan fingerprint density at radius 3 is 2.59 bits per heavy atom. The third-order valence-electron chi connectivity index (χ3n) is 3.18. The number of hydrogen-bond acceptors (Lipinski definition) is 4. The van der Waals surface area contributed by atoms with Crippen LogP contribution < -0.4 is 16.2 Å². The zero-order valence-corrected chi connectivity index (χ0v) is 10.5. The first-order valence-corrected chi connectivity index (χ1v) is 7.02. The van der Waals surface area contributed by atoms with Crippen molar-refractivity contribution in [3.05, 3.63) is 18.2 Å². The summed E-state index contributed by atoms with van der Waals surface area (Å²) in [6.45, 7) is 2.98. The molecule has 1 aliphatic rings. The van der Waals surface area contributed by atoms with Crippen molar-refractivity contribution >= 4 is 21.4 Å². The molecule has 0 bridgehead atoms. The molecule has 1 saturated carbocycles. The van der Waals surface area contributed by atoms with Crippen LogP contribution in [-0.4, -0.2) is 15.0 Å². The number of benzene rings is 1. The normalized spacial score (nSPS) is 17.8. The van der Waals surface area contributed by atoms with E-state index in [9.17, 15) is 8.42 Å². The molecule has 0 saturated heterocycles. The van der Waals surface area contributed by atoms with Crippen LogP contribution in [0.3, 0.4) is 0 Å². The van der Waals surface area contributed by atoms with Crippen LogP contribution in [0.25, 0.3) is 0 Å². The van der Waals surface area contributed by atoms with Gasteiger partial charge < -0.3 is 11.1 Å². The van der Waals surface area contributed by atoms with Crippen molar-refractivity contribution in [2.45, 2.75) is 24.7 Å². The number of para-hydroxylation sites is 1. The second-order valence-electron chi connectivity index (χ2n) is 4.93. The highest BCUT2D eigenvalue weighted by Gasteiger charge is 2.36. The summed E-state index contributed by atoms with van der Waals surface area (Å²) in [5.74, 6) is 0. The van der Waals surface area contributed by atoms with Gasteiger partial charge in [0.15, 0.2) is 0 Å². The van der Waals surface area contributed by atoms with Crippen molar-refractivity contribution in [3.8, 4) is 0 Å². The van der Waals surface area contributed by atoms with Gasteiger partial charge in [0, 0.05) is 6.54 Å². The summed E-state index contributed by atoms with van der Waals surface area (Å²) in [7, 11) is -3.76. The smallest absolute Gasteiger partial charge is 0.240 e. The van der Waals surface area contributed by atoms with Gasteiger partial charge in [0.05, 0.1) is 11.4 Å². The average Bonchev–Trinajstić information content (AvgIpc) is 2.94. The Labute approximate surface area is 101 Å². The van der Waals surface area contributed by atoms with E-state index in [-0.39, 0.29) is 10.6 Å². The molecule has 1 aromatic carbocycles. The van der Waals surface area contributed by atoms with Gasteiger partial charge in [0.2, 0.25) is 10.0 Å². The topological polar surface area (TPSA) is 98.2 Å². The maximum absolute atomic E-state index is 11.3. The molecular formula is C11H17N3O2S. The molecule has 1 fully saturated rings. The third-order valence-corrected chi connectivity index (χ3v) is 4.15. The maximum Gasteiger partial charge on any atom is 0.240 e. The number of nitrogens with two attached hydrogens (primary N) is 2. The van der Waals surface area contributed by atoms with Gasteiger partial charge in [-0.3, -0.25) is 0 Å². The van der Waals surface area contributed by atoms with Gasteiger partial charge in [-0.1, -0.05) is 13.0 Å². The fourth-order valence-electron chi connectivity index (χ4n) is 1.65. The minimum atomic E-state index is -3.76. The minimum absolute atomic E-state index is 0.0246. The molecule has 0 aromatic heterocycles. The van der Waals surface area contributed by atoms with E-state index in [4.69, 9.17) is 10.9 Å². The van der Waals surface area contributed by atoms with Crippen LogP contribution in [-0.2, 0) is 10.0 Å². The lowest BCUT2D eigenvalue weighted by Gasteiger charge is -2.14. The van der Waals surface area contributed by atoms with Crippen molar-refractivity contribution < 1.29 is 8.42 Å². The molecule has 94 valence electrons. The van der Waals surface area contributed by atoms with E-state index in [0.717, 1.165) is 6.54 Å². The first kappa shape index (κ1) is 12.2. The van der Waals surface area contributed by atoms with Crippen molar-refractivity contribution in [2.24, 2.45) is 10.6 Å². The molecule has 6 heteroatoms. The Bertz CT molecular complexity index is 536. The van der Waals surface area contributed by atoms with Gasteiger partial charge in [-0.15, -0.1) is 0 Å². The number of anilines is 2. The lowest BCUT2D eigenvalue weighted by molar-refractivity contribution is 0.598. The number of nitrogen functional groups attached to an aromatic ring is 1. The van der Waals surface area contributed by atoms with Crippen LogP contribution in [0.4, 0.5) is 11.4 Å². The number of nitrogens with one attached hydrogen (secondary N) is 1. The van der Waals surface area contributed by atoms with Gasteiger partial charge in [0.25, 0.3) is 0 Å². The number of sulfonamides is 1. The molecular weight excluding hydrogens is 238 g/mol. The van der Waals surface area contributed by atoms with Crippen LogP contribution in [0.1, 0.15) is 19.8 Å². The highest BCUT2D eigenvalue weighted by atomic mass is 32.2. The minimum Gasteiger partial charge on any atom is -0.396 e. The van der Waals surface area contributed by atoms with Gasteiger partial charge >= 0.3 is 0 Å². The van der Waals surface area contributed by atoms with Crippen LogP contribution >= 0.6 is 0 Å². The molecule has 0 aliphatic heterocycles. The van der Waals surface area contributed by atoms with Crippen molar-refractivity contribution in [1.82, 2.24) is 0 Å². The third kappa shape index (κ3) is 2.70. The zero-order valence-electron chi connectivity index (χ0n) is 9.73. The first-order chi connectivity index (χ1) is 7.82. The molecule has 0 unspecified atom stereocenters. The average molecular weight is 255 g/mol. The predicted molar refractivity (Wildman–Crippen MR) is 68.1 cm³/mol. The van der Waals surface area contributed by atoms with Gasteiger partial charge in [-0.05, 0) is 30.4 Å². The highest BCUT2D eigenvalue weighted by Crippen LogP contribution is 2.45. The van der Waals surface area contributed by atoms with Crippen LogP contribution in [0.15, 0.2) is 23.1 Å². The van der Waals surface area contributed by atoms with Gasteiger partial charge in [0.1, 0.15) is 4.90 Å². The molecule has 2 rings (SSSR count). The van der Waals surface area contributed by atoms with Gasteiger partial charge in [-0.25, -0.2) is 13.6 Å². The maximum atomic E-state index is 11.3. The van der Waals surface area contributed by atoms with Crippen LogP contribution in [0.2, 0.25) is 0 Å². The fraction of sp³-hybridized carbons (Fsp3) is 0.455. The summed E-state index contributed by atoms with van der Waals surface area (Å²) in [5, 5.41) is 8.27. The molecule has 0 spiro atoms. The van der Waals surface area contributed by atoms with E-state index < -0.39 is 10.0 Å². The Morgan fingerprint density at radius 1 is 1.41 bits per heavy atom. The van der Waals surface area contributed by atoms with Crippen molar-refractivity contribution in [1.29, 1.82) is 0 Å². The van der Waals surface area contributed by atoms with E-state index in [1.54, 1.807) is 12.1 Å². The Kier molecular flexibility index (Phi) is 2.79. The highest BCUT2D eigenvalue weighted by molar-refractivity contribution is 7.89. The quantitative estimate of drug-likeness (QED) is 0.702. The molecule has 5 N–H and O–H groups in total. The molecule has 0 radical (unpaired) electrons. The van der Waals surface area contributed by atoms with E-state index in [1.807, 2.05) is 0 Å². The Morgan fingerprint density at radius 2 is 2.06 bits per heavy atom. The van der Waals surface area contributed by atoms with Crippen LogP contribution in [0.5, 0.6) is 0 Å². The molecule has 1 aliphatic carbocycles. The van der Waals surface area contributed by atoms with Crippen LogP contribution in [0, 0.1) is 5.41 Å². The summed E-state index contributed by atoms with van der Waals surface area (Å²) in [5.41, 5.74) is 6.94. The molecule has 17 heavy (non-hydrogen) atoms. The lowest BCUT2D eigenvalue weighted by Crippen LogP contribution is -2.17. The van der Waals surface area contributed by atoms with Crippen molar-refractivity contribution in [3.63, 3.8) is 0 Å². The fourth-order valence-corrected chi connectivity index (χ4v) is 2.33. The van der Waals surface area contributed by atoms with E-state index in [2.05, 4.69) is 12.2 Å². The summed E-state index contributed by atoms with van der Waals surface area (Å²) >= 11 is 0. The molecule has 0 heterocycles. The SMILES string of the molecule is CC1(CNc2cccc(S(N)(=O)=O)c2N)CC1. The predicted octanol–water partition coefficient (Wildman–Crippen LogP) is 1.13. The van der Waals surface area contributed by atoms with E-state index in [1.165, 1.54) is 18.9 Å². The molecule has 0 amide bonds. The summed E-state index contributed by atoms with van der Waals surface area (Å²) in [6.07, 6.45) is 2.38. The monoisotopic (exact) mass is 255 g/mol.